The largest absolute Gasteiger partial charge is 0.212 e. The van der Waals surface area contributed by atoms with E-state index in [1.807, 2.05) is 13.0 Å². The molecule has 0 atom stereocenters. The van der Waals surface area contributed by atoms with Gasteiger partial charge in [0.1, 0.15) is 7.05 Å². The summed E-state index contributed by atoms with van der Waals surface area (Å²) in [5.74, 6) is 0. The molecule has 1 aromatic carbocycles. The Bertz CT molecular complexity index is 717. The Kier molecular flexibility index (Phi) is 2.35. The van der Waals surface area contributed by atoms with Gasteiger partial charge in [0.15, 0.2) is 6.20 Å². The van der Waals surface area contributed by atoms with Gasteiger partial charge in [-0.15, -0.1) is 0 Å². The molecule has 0 spiro atoms. The number of benzene rings is 1. The number of aryl methyl sites for hydroxylation is 5. The summed E-state index contributed by atoms with van der Waals surface area (Å²) in [4.78, 5) is 0. The Morgan fingerprint density at radius 3 is 2.63 bits per heavy atom. The standard InChI is InChI=1S/C18H22N/c1-13-8-9-17(14(2)10-13)18-11-15-6-4-5-7-16(15)12-19(18)3/h8-12H,4-7H2,1-3H3/q+1/i1D3. The minimum Gasteiger partial charge on any atom is -0.201 e. The summed E-state index contributed by atoms with van der Waals surface area (Å²) in [6.07, 6.45) is 7.09. The van der Waals surface area contributed by atoms with Crippen LogP contribution in [0.3, 0.4) is 0 Å². The molecular formula is C18H22N+. The van der Waals surface area contributed by atoms with E-state index in [9.17, 15) is 0 Å². The molecule has 1 heteroatoms. The van der Waals surface area contributed by atoms with E-state index in [4.69, 9.17) is 4.11 Å². The van der Waals surface area contributed by atoms with Crippen molar-refractivity contribution in [1.82, 2.24) is 0 Å². The van der Waals surface area contributed by atoms with E-state index in [0.717, 1.165) is 23.2 Å². The van der Waals surface area contributed by atoms with Crippen LogP contribution < -0.4 is 4.57 Å². The fraction of sp³-hybridized carbons (Fsp3) is 0.389. The third-order valence-corrected chi connectivity index (χ3v) is 4.10. The third kappa shape index (κ3) is 2.30. The van der Waals surface area contributed by atoms with Gasteiger partial charge in [-0.3, -0.25) is 0 Å². The van der Waals surface area contributed by atoms with Gasteiger partial charge >= 0.3 is 0 Å². The number of fused-ring (bicyclic) bond motifs is 1. The van der Waals surface area contributed by atoms with Crippen LogP contribution in [0, 0.1) is 13.8 Å². The maximum absolute atomic E-state index is 7.54. The predicted molar refractivity (Wildman–Crippen MR) is 79.2 cm³/mol. The molecule has 0 amide bonds. The van der Waals surface area contributed by atoms with Gasteiger partial charge in [0.25, 0.3) is 0 Å². The lowest BCUT2D eigenvalue weighted by atomic mass is 9.91. The van der Waals surface area contributed by atoms with Crippen LogP contribution in [0.4, 0.5) is 0 Å². The van der Waals surface area contributed by atoms with Crippen molar-refractivity contribution < 1.29 is 8.68 Å². The Hall–Kier alpha value is -1.63. The summed E-state index contributed by atoms with van der Waals surface area (Å²) in [6.45, 7) is -0.0502. The molecule has 1 aromatic heterocycles. The molecule has 1 aliphatic rings. The average Bonchev–Trinajstić information content (AvgIpc) is 2.46. The molecule has 3 rings (SSSR count). The van der Waals surface area contributed by atoms with Gasteiger partial charge in [0.05, 0.1) is 0 Å². The first-order valence-corrected chi connectivity index (χ1v) is 6.99. The second-order valence-corrected chi connectivity index (χ2v) is 5.56. The fourth-order valence-corrected chi connectivity index (χ4v) is 3.05. The number of hydrogen-bond donors (Lipinski definition) is 0. The predicted octanol–water partition coefficient (Wildman–Crippen LogP) is 3.67. The van der Waals surface area contributed by atoms with Crippen LogP contribution in [0.1, 0.15) is 39.2 Å². The maximum Gasteiger partial charge on any atom is 0.212 e. The van der Waals surface area contributed by atoms with E-state index in [1.54, 1.807) is 12.1 Å². The van der Waals surface area contributed by atoms with Crippen molar-refractivity contribution in [3.05, 3.63) is 52.7 Å². The number of aromatic nitrogens is 1. The molecular weight excluding hydrogens is 230 g/mol. The summed E-state index contributed by atoms with van der Waals surface area (Å²) in [7, 11) is 2.07. The molecule has 98 valence electrons. The molecule has 1 heterocycles. The van der Waals surface area contributed by atoms with E-state index in [-0.39, 0.29) is 0 Å². The number of rotatable bonds is 1. The molecule has 19 heavy (non-hydrogen) atoms. The molecule has 0 bridgehead atoms. The Labute approximate surface area is 120 Å². The van der Waals surface area contributed by atoms with Crippen molar-refractivity contribution in [2.45, 2.75) is 39.5 Å². The van der Waals surface area contributed by atoms with Crippen molar-refractivity contribution in [2.75, 3.05) is 0 Å². The summed E-state index contributed by atoms with van der Waals surface area (Å²) in [5, 5.41) is 0. The topological polar surface area (TPSA) is 3.88 Å². The highest BCUT2D eigenvalue weighted by molar-refractivity contribution is 5.62. The van der Waals surface area contributed by atoms with Crippen molar-refractivity contribution in [2.24, 2.45) is 7.05 Å². The van der Waals surface area contributed by atoms with E-state index in [1.165, 1.54) is 30.4 Å². The van der Waals surface area contributed by atoms with Crippen molar-refractivity contribution in [3.63, 3.8) is 0 Å². The monoisotopic (exact) mass is 255 g/mol. The molecule has 1 nitrogen and oxygen atoms in total. The molecule has 0 fully saturated rings. The first-order chi connectivity index (χ1) is 10.4. The molecule has 0 unspecified atom stereocenters. The second kappa shape index (κ2) is 4.80. The van der Waals surface area contributed by atoms with Crippen molar-refractivity contribution in [3.8, 4) is 11.3 Å². The maximum atomic E-state index is 7.54. The lowest BCUT2D eigenvalue weighted by Gasteiger charge is -2.15. The van der Waals surface area contributed by atoms with Crippen molar-refractivity contribution >= 4 is 0 Å². The highest BCUT2D eigenvalue weighted by Crippen LogP contribution is 2.26. The highest BCUT2D eigenvalue weighted by Gasteiger charge is 2.19. The first-order valence-electron chi connectivity index (χ1n) is 8.49. The van der Waals surface area contributed by atoms with Crippen LogP contribution in [0.5, 0.6) is 0 Å². The van der Waals surface area contributed by atoms with Crippen LogP contribution in [0.15, 0.2) is 30.5 Å². The highest BCUT2D eigenvalue weighted by atomic mass is 14.9. The van der Waals surface area contributed by atoms with E-state index in [0.29, 0.717) is 5.56 Å². The first kappa shape index (κ1) is 9.30. The van der Waals surface area contributed by atoms with E-state index < -0.39 is 6.85 Å². The van der Waals surface area contributed by atoms with Crippen LogP contribution >= 0.6 is 0 Å². The molecule has 0 radical (unpaired) electrons. The number of pyridine rings is 1. The van der Waals surface area contributed by atoms with Crippen LogP contribution in [-0.2, 0) is 19.9 Å². The van der Waals surface area contributed by atoms with Gasteiger partial charge in [-0.05, 0) is 56.7 Å². The van der Waals surface area contributed by atoms with E-state index in [2.05, 4.69) is 23.9 Å². The fourth-order valence-electron chi connectivity index (χ4n) is 3.05. The lowest BCUT2D eigenvalue weighted by molar-refractivity contribution is -0.660. The molecule has 0 saturated heterocycles. The lowest BCUT2D eigenvalue weighted by Crippen LogP contribution is -2.32. The van der Waals surface area contributed by atoms with Gasteiger partial charge in [-0.2, -0.15) is 0 Å². The summed E-state index contributed by atoms with van der Waals surface area (Å²) in [5.41, 5.74) is 6.60. The van der Waals surface area contributed by atoms with E-state index >= 15 is 0 Å². The number of nitrogens with zero attached hydrogens (tertiary/aromatic N) is 1. The van der Waals surface area contributed by atoms with Gasteiger partial charge in [-0.25, -0.2) is 4.57 Å². The van der Waals surface area contributed by atoms with Crippen molar-refractivity contribution in [1.29, 1.82) is 0 Å². The second-order valence-electron chi connectivity index (χ2n) is 5.56. The molecule has 0 aliphatic heterocycles. The van der Waals surface area contributed by atoms with Gasteiger partial charge in [0, 0.05) is 21.3 Å². The minimum absolute atomic E-state index is 0.411. The van der Waals surface area contributed by atoms with Gasteiger partial charge < -0.3 is 0 Å². The molecule has 0 saturated carbocycles. The van der Waals surface area contributed by atoms with Gasteiger partial charge in [0.2, 0.25) is 5.69 Å². The van der Waals surface area contributed by atoms with Crippen LogP contribution in [0.25, 0.3) is 11.3 Å². The third-order valence-electron chi connectivity index (χ3n) is 4.10. The minimum atomic E-state index is -2.04. The van der Waals surface area contributed by atoms with Crippen LogP contribution in [0.2, 0.25) is 0 Å². The Morgan fingerprint density at radius 1 is 1.11 bits per heavy atom. The molecule has 1 aliphatic carbocycles. The summed E-state index contributed by atoms with van der Waals surface area (Å²) in [6, 6.07) is 7.75. The van der Waals surface area contributed by atoms with Gasteiger partial charge in [-0.1, -0.05) is 17.7 Å². The SMILES string of the molecule is [2H]C([2H])([2H])c1ccc(-c2cc3c(c[n+]2C)CCCC3)c(C)c1. The summed E-state index contributed by atoms with van der Waals surface area (Å²) < 4.78 is 24.8. The molecule has 2 aromatic rings. The molecule has 0 N–H and O–H groups in total. The summed E-state index contributed by atoms with van der Waals surface area (Å²) >= 11 is 0. The quantitative estimate of drug-likeness (QED) is 0.685. The smallest absolute Gasteiger partial charge is 0.201 e. The average molecular weight is 255 g/mol. The zero-order chi connectivity index (χ0) is 15.9. The zero-order valence-corrected chi connectivity index (χ0v) is 11.7. The van der Waals surface area contributed by atoms with Crippen LogP contribution in [-0.4, -0.2) is 0 Å². The Morgan fingerprint density at radius 2 is 1.89 bits per heavy atom. The number of hydrogen-bond acceptors (Lipinski definition) is 0. The normalized spacial score (nSPS) is 17.3. The Balaban J connectivity index is 2.08. The zero-order valence-electron chi connectivity index (χ0n) is 14.7.